The van der Waals surface area contributed by atoms with Crippen LogP contribution in [0, 0.1) is 0 Å². The van der Waals surface area contributed by atoms with E-state index >= 15 is 0 Å². The molecule has 0 radical (unpaired) electrons. The molecule has 6 heteroatoms. The largest absolute Gasteiger partial charge is 0.497 e. The fourth-order valence-electron chi connectivity index (χ4n) is 2.18. The molecule has 0 unspecified atom stereocenters. The second kappa shape index (κ2) is 8.51. The number of hydrogen-bond acceptors (Lipinski definition) is 6. The van der Waals surface area contributed by atoms with Crippen LogP contribution in [-0.2, 0) is 6.54 Å². The van der Waals surface area contributed by atoms with Crippen LogP contribution in [-0.4, -0.2) is 47.0 Å². The maximum absolute atomic E-state index is 9.13. The molecule has 6 nitrogen and oxygen atoms in total. The number of nitrogens with zero attached hydrogens (tertiary/aromatic N) is 3. The fourth-order valence-corrected chi connectivity index (χ4v) is 2.18. The van der Waals surface area contributed by atoms with Gasteiger partial charge in [0.2, 0.25) is 11.7 Å². The molecule has 0 atom stereocenters. The summed E-state index contributed by atoms with van der Waals surface area (Å²) in [6.07, 6.45) is 2.19. The summed E-state index contributed by atoms with van der Waals surface area (Å²) in [6.45, 7) is 4.34. The lowest BCUT2D eigenvalue weighted by atomic mass is 10.2. The van der Waals surface area contributed by atoms with E-state index in [2.05, 4.69) is 22.0 Å². The number of aliphatic hydroxyl groups excluding tert-OH is 1. The van der Waals surface area contributed by atoms with Gasteiger partial charge in [0.25, 0.3) is 0 Å². The molecule has 2 aromatic rings. The molecule has 120 valence electrons. The number of ether oxygens (including phenoxy) is 1. The highest BCUT2D eigenvalue weighted by Gasteiger charge is 2.13. The van der Waals surface area contributed by atoms with Gasteiger partial charge in [-0.15, -0.1) is 0 Å². The predicted octanol–water partition coefficient (Wildman–Crippen LogP) is 2.34. The lowest BCUT2D eigenvalue weighted by Gasteiger charge is -2.18. The molecule has 0 spiro atoms. The lowest BCUT2D eigenvalue weighted by Crippen LogP contribution is -2.27. The van der Waals surface area contributed by atoms with E-state index in [1.54, 1.807) is 7.11 Å². The average Bonchev–Trinajstić information content (AvgIpc) is 3.01. The van der Waals surface area contributed by atoms with Crippen molar-refractivity contribution in [2.24, 2.45) is 0 Å². The van der Waals surface area contributed by atoms with Gasteiger partial charge in [-0.3, -0.25) is 4.90 Å². The third-order valence-corrected chi connectivity index (χ3v) is 3.40. The summed E-state index contributed by atoms with van der Waals surface area (Å²) in [6, 6.07) is 7.55. The summed E-state index contributed by atoms with van der Waals surface area (Å²) in [5.41, 5.74) is 0.858. The first-order chi connectivity index (χ1) is 10.8. The van der Waals surface area contributed by atoms with E-state index in [9.17, 15) is 0 Å². The van der Waals surface area contributed by atoms with Crippen LogP contribution in [0.2, 0.25) is 0 Å². The zero-order valence-electron chi connectivity index (χ0n) is 13.2. The highest BCUT2D eigenvalue weighted by molar-refractivity contribution is 5.56. The van der Waals surface area contributed by atoms with Gasteiger partial charge in [0.05, 0.1) is 20.3 Å². The number of benzene rings is 1. The van der Waals surface area contributed by atoms with Crippen molar-refractivity contribution in [2.45, 2.75) is 26.3 Å². The minimum absolute atomic E-state index is 0.126. The second-order valence-electron chi connectivity index (χ2n) is 5.10. The zero-order chi connectivity index (χ0) is 15.8. The highest BCUT2D eigenvalue weighted by Crippen LogP contribution is 2.21. The van der Waals surface area contributed by atoms with Crippen molar-refractivity contribution in [3.8, 4) is 17.1 Å². The minimum Gasteiger partial charge on any atom is -0.497 e. The molecular formula is C16H23N3O3. The fraction of sp³-hybridized carbons (Fsp3) is 0.500. The van der Waals surface area contributed by atoms with Crippen molar-refractivity contribution >= 4 is 0 Å². The summed E-state index contributed by atoms with van der Waals surface area (Å²) in [5.74, 6) is 1.87. The SMILES string of the molecule is CCCCN(CCO)Cc1nc(-c2cccc(OC)c2)no1. The molecule has 0 aliphatic heterocycles. The molecule has 1 N–H and O–H groups in total. The Bertz CT molecular complexity index is 571. The van der Waals surface area contributed by atoms with Crippen LogP contribution in [0.3, 0.4) is 0 Å². The number of rotatable bonds is 9. The molecule has 0 aliphatic carbocycles. The first kappa shape index (κ1) is 16.5. The van der Waals surface area contributed by atoms with Gasteiger partial charge >= 0.3 is 0 Å². The Balaban J connectivity index is 2.06. The molecule has 1 heterocycles. The Morgan fingerprint density at radius 3 is 2.91 bits per heavy atom. The Labute approximate surface area is 130 Å². The summed E-state index contributed by atoms with van der Waals surface area (Å²) in [4.78, 5) is 6.55. The van der Waals surface area contributed by atoms with E-state index in [1.807, 2.05) is 24.3 Å². The van der Waals surface area contributed by atoms with E-state index in [1.165, 1.54) is 0 Å². The number of methoxy groups -OCH3 is 1. The molecule has 1 aromatic carbocycles. The van der Waals surface area contributed by atoms with Gasteiger partial charge in [0.15, 0.2) is 0 Å². The van der Waals surface area contributed by atoms with E-state index in [4.69, 9.17) is 14.4 Å². The van der Waals surface area contributed by atoms with Gasteiger partial charge < -0.3 is 14.4 Å². The van der Waals surface area contributed by atoms with E-state index in [0.717, 1.165) is 30.7 Å². The van der Waals surface area contributed by atoms with Gasteiger partial charge in [0, 0.05) is 12.1 Å². The number of hydrogen-bond donors (Lipinski definition) is 1. The first-order valence-corrected chi connectivity index (χ1v) is 7.57. The molecule has 2 rings (SSSR count). The van der Waals surface area contributed by atoms with Crippen LogP contribution < -0.4 is 4.74 Å². The lowest BCUT2D eigenvalue weighted by molar-refractivity contribution is 0.172. The third kappa shape index (κ3) is 4.54. The average molecular weight is 305 g/mol. The van der Waals surface area contributed by atoms with Gasteiger partial charge in [-0.05, 0) is 25.1 Å². The molecule has 22 heavy (non-hydrogen) atoms. The third-order valence-electron chi connectivity index (χ3n) is 3.40. The molecule has 0 amide bonds. The van der Waals surface area contributed by atoms with Crippen molar-refractivity contribution in [1.29, 1.82) is 0 Å². The smallest absolute Gasteiger partial charge is 0.241 e. The normalized spacial score (nSPS) is 11.1. The molecule has 0 saturated heterocycles. The molecule has 1 aromatic heterocycles. The minimum atomic E-state index is 0.126. The molecule has 0 aliphatic rings. The van der Waals surface area contributed by atoms with Crippen molar-refractivity contribution < 1.29 is 14.4 Å². The van der Waals surface area contributed by atoms with Crippen molar-refractivity contribution in [3.05, 3.63) is 30.2 Å². The van der Waals surface area contributed by atoms with Crippen LogP contribution in [0.1, 0.15) is 25.7 Å². The first-order valence-electron chi connectivity index (χ1n) is 7.57. The Morgan fingerprint density at radius 2 is 2.18 bits per heavy atom. The summed E-state index contributed by atoms with van der Waals surface area (Å²) < 4.78 is 10.5. The summed E-state index contributed by atoms with van der Waals surface area (Å²) in [5, 5.41) is 13.2. The van der Waals surface area contributed by atoms with Crippen LogP contribution in [0.25, 0.3) is 11.4 Å². The Morgan fingerprint density at radius 1 is 1.32 bits per heavy atom. The summed E-state index contributed by atoms with van der Waals surface area (Å²) in [7, 11) is 1.63. The predicted molar refractivity (Wildman–Crippen MR) is 83.6 cm³/mol. The highest BCUT2D eigenvalue weighted by atomic mass is 16.5. The topological polar surface area (TPSA) is 71.6 Å². The van der Waals surface area contributed by atoms with E-state index in [-0.39, 0.29) is 6.61 Å². The number of unbranched alkanes of at least 4 members (excludes halogenated alkanes) is 1. The van der Waals surface area contributed by atoms with Crippen molar-refractivity contribution in [2.75, 3.05) is 26.8 Å². The van der Waals surface area contributed by atoms with Crippen LogP contribution in [0.5, 0.6) is 5.75 Å². The van der Waals surface area contributed by atoms with Gasteiger partial charge in [-0.1, -0.05) is 30.6 Å². The van der Waals surface area contributed by atoms with Gasteiger partial charge in [0.1, 0.15) is 5.75 Å². The Kier molecular flexibility index (Phi) is 6.36. The maximum atomic E-state index is 9.13. The van der Waals surface area contributed by atoms with Gasteiger partial charge in [-0.2, -0.15) is 4.98 Å². The van der Waals surface area contributed by atoms with Crippen LogP contribution in [0.15, 0.2) is 28.8 Å². The maximum Gasteiger partial charge on any atom is 0.241 e. The van der Waals surface area contributed by atoms with Crippen LogP contribution in [0.4, 0.5) is 0 Å². The monoisotopic (exact) mass is 305 g/mol. The van der Waals surface area contributed by atoms with E-state index < -0.39 is 0 Å². The van der Waals surface area contributed by atoms with E-state index in [0.29, 0.717) is 24.8 Å². The van der Waals surface area contributed by atoms with Crippen molar-refractivity contribution in [1.82, 2.24) is 15.0 Å². The Hall–Kier alpha value is -1.92. The van der Waals surface area contributed by atoms with Crippen LogP contribution >= 0.6 is 0 Å². The number of aliphatic hydroxyl groups is 1. The number of aromatic nitrogens is 2. The molecule has 0 saturated carbocycles. The standard InChI is InChI=1S/C16H23N3O3/c1-3-4-8-19(9-10-20)12-15-17-16(18-22-15)13-6-5-7-14(11-13)21-2/h5-7,11,20H,3-4,8-10,12H2,1-2H3. The second-order valence-corrected chi connectivity index (χ2v) is 5.10. The molecule has 0 fully saturated rings. The quantitative estimate of drug-likeness (QED) is 0.766. The van der Waals surface area contributed by atoms with Crippen molar-refractivity contribution in [3.63, 3.8) is 0 Å². The summed E-state index contributed by atoms with van der Waals surface area (Å²) >= 11 is 0. The molecular weight excluding hydrogens is 282 g/mol. The zero-order valence-corrected chi connectivity index (χ0v) is 13.2. The van der Waals surface area contributed by atoms with Gasteiger partial charge in [-0.25, -0.2) is 0 Å². The molecule has 0 bridgehead atoms.